The zero-order valence-corrected chi connectivity index (χ0v) is 10.7. The third-order valence-electron chi connectivity index (χ3n) is 2.98. The van der Waals surface area contributed by atoms with Crippen molar-refractivity contribution in [3.8, 4) is 0 Å². The van der Waals surface area contributed by atoms with Gasteiger partial charge in [-0.3, -0.25) is 0 Å². The average Bonchev–Trinajstić information content (AvgIpc) is 2.22. The molecule has 1 aromatic heterocycles. The second kappa shape index (κ2) is 5.31. The van der Waals surface area contributed by atoms with Gasteiger partial charge in [-0.2, -0.15) is 0 Å². The van der Waals surface area contributed by atoms with Crippen molar-refractivity contribution in [3.05, 3.63) is 11.9 Å². The predicted octanol–water partition coefficient (Wildman–Crippen LogP) is 1.81. The third kappa shape index (κ3) is 3.06. The molecule has 17 heavy (non-hydrogen) atoms. The fraction of sp³-hybridized carbons (Fsp3) is 0.667. The lowest BCUT2D eigenvalue weighted by atomic mass is 9.89. The van der Waals surface area contributed by atoms with Crippen molar-refractivity contribution >= 4 is 11.6 Å². The summed E-state index contributed by atoms with van der Waals surface area (Å²) in [5, 5.41) is 6.61. The normalized spacial score (nSPS) is 23.0. The van der Waals surface area contributed by atoms with E-state index >= 15 is 0 Å². The fourth-order valence-electron chi connectivity index (χ4n) is 2.00. The van der Waals surface area contributed by atoms with E-state index in [1.54, 1.807) is 7.11 Å². The summed E-state index contributed by atoms with van der Waals surface area (Å²) < 4.78 is 5.25. The summed E-state index contributed by atoms with van der Waals surface area (Å²) in [5.74, 6) is 2.56. The maximum Gasteiger partial charge on any atom is 0.132 e. The maximum atomic E-state index is 5.25. The SMILES string of the molecule is CCNc1cc(NC2CC(OC)C2)nc(C)n1. The van der Waals surface area contributed by atoms with Crippen LogP contribution in [0.4, 0.5) is 11.6 Å². The molecular weight excluding hydrogens is 216 g/mol. The van der Waals surface area contributed by atoms with Crippen molar-refractivity contribution in [2.24, 2.45) is 0 Å². The van der Waals surface area contributed by atoms with Crippen LogP contribution in [0.1, 0.15) is 25.6 Å². The molecule has 5 nitrogen and oxygen atoms in total. The van der Waals surface area contributed by atoms with E-state index in [9.17, 15) is 0 Å². The Kier molecular flexibility index (Phi) is 3.78. The van der Waals surface area contributed by atoms with Gasteiger partial charge in [-0.15, -0.1) is 0 Å². The Morgan fingerprint density at radius 2 is 2.06 bits per heavy atom. The minimum atomic E-state index is 0.406. The molecule has 2 N–H and O–H groups in total. The Morgan fingerprint density at radius 3 is 2.71 bits per heavy atom. The molecule has 1 aliphatic rings. The number of anilines is 2. The lowest BCUT2D eigenvalue weighted by Gasteiger charge is -2.34. The molecule has 1 heterocycles. The van der Waals surface area contributed by atoms with E-state index in [0.29, 0.717) is 12.1 Å². The Bertz CT molecular complexity index is 377. The maximum absolute atomic E-state index is 5.25. The quantitative estimate of drug-likeness (QED) is 0.816. The van der Waals surface area contributed by atoms with Crippen LogP contribution in [0.25, 0.3) is 0 Å². The van der Waals surface area contributed by atoms with Gasteiger partial charge in [-0.1, -0.05) is 0 Å². The minimum absolute atomic E-state index is 0.406. The molecule has 0 aromatic carbocycles. The zero-order chi connectivity index (χ0) is 12.3. The van der Waals surface area contributed by atoms with Gasteiger partial charge in [0.15, 0.2) is 0 Å². The van der Waals surface area contributed by atoms with Crippen LogP contribution in [0.5, 0.6) is 0 Å². The number of hydrogen-bond donors (Lipinski definition) is 2. The topological polar surface area (TPSA) is 59.1 Å². The summed E-state index contributed by atoms with van der Waals surface area (Å²) in [7, 11) is 1.76. The molecule has 0 saturated heterocycles. The summed E-state index contributed by atoms with van der Waals surface area (Å²) in [5.41, 5.74) is 0. The van der Waals surface area contributed by atoms with Crippen molar-refractivity contribution in [2.75, 3.05) is 24.3 Å². The molecule has 1 aromatic rings. The highest BCUT2D eigenvalue weighted by Crippen LogP contribution is 2.26. The Balaban J connectivity index is 1.96. The van der Waals surface area contributed by atoms with Gasteiger partial charge in [-0.25, -0.2) is 9.97 Å². The molecule has 0 spiro atoms. The van der Waals surface area contributed by atoms with E-state index in [1.165, 1.54) is 0 Å². The number of hydrogen-bond acceptors (Lipinski definition) is 5. The molecule has 5 heteroatoms. The minimum Gasteiger partial charge on any atom is -0.381 e. The number of nitrogens with one attached hydrogen (secondary N) is 2. The van der Waals surface area contributed by atoms with E-state index in [0.717, 1.165) is 36.8 Å². The predicted molar refractivity (Wildman–Crippen MR) is 68.4 cm³/mol. The van der Waals surface area contributed by atoms with Gasteiger partial charge in [-0.05, 0) is 26.7 Å². The second-order valence-corrected chi connectivity index (χ2v) is 4.39. The molecular formula is C12H20N4O. The van der Waals surface area contributed by atoms with Gasteiger partial charge in [0.1, 0.15) is 17.5 Å². The van der Waals surface area contributed by atoms with Crippen molar-refractivity contribution in [2.45, 2.75) is 38.8 Å². The second-order valence-electron chi connectivity index (χ2n) is 4.39. The highest BCUT2D eigenvalue weighted by atomic mass is 16.5. The first-order valence-corrected chi connectivity index (χ1v) is 6.10. The summed E-state index contributed by atoms with van der Waals surface area (Å²) in [6.45, 7) is 4.83. The highest BCUT2D eigenvalue weighted by Gasteiger charge is 2.29. The van der Waals surface area contributed by atoms with E-state index in [4.69, 9.17) is 4.74 Å². The number of aryl methyl sites for hydroxylation is 1. The van der Waals surface area contributed by atoms with E-state index in [1.807, 2.05) is 13.0 Å². The number of aromatic nitrogens is 2. The highest BCUT2D eigenvalue weighted by molar-refractivity contribution is 5.48. The Hall–Kier alpha value is -1.36. The smallest absolute Gasteiger partial charge is 0.132 e. The van der Waals surface area contributed by atoms with Gasteiger partial charge < -0.3 is 15.4 Å². The standard InChI is InChI=1S/C12H20N4O/c1-4-13-11-7-12(15-8(2)14-11)16-9-5-10(6-9)17-3/h7,9-10H,4-6H2,1-3H3,(H2,13,14,15,16). The summed E-state index contributed by atoms with van der Waals surface area (Å²) in [6.07, 6.45) is 2.51. The summed E-state index contributed by atoms with van der Waals surface area (Å²) >= 11 is 0. The molecule has 0 atom stereocenters. The van der Waals surface area contributed by atoms with Crippen LogP contribution in [0.15, 0.2) is 6.07 Å². The molecule has 0 amide bonds. The first-order valence-electron chi connectivity index (χ1n) is 6.10. The molecule has 0 aliphatic heterocycles. The van der Waals surface area contributed by atoms with Gasteiger partial charge in [0, 0.05) is 25.8 Å². The number of nitrogens with zero attached hydrogens (tertiary/aromatic N) is 2. The molecule has 2 rings (SSSR count). The summed E-state index contributed by atoms with van der Waals surface area (Å²) in [4.78, 5) is 8.70. The van der Waals surface area contributed by atoms with Crippen molar-refractivity contribution in [1.29, 1.82) is 0 Å². The number of methoxy groups -OCH3 is 1. The molecule has 1 aliphatic carbocycles. The van der Waals surface area contributed by atoms with Crippen molar-refractivity contribution in [3.63, 3.8) is 0 Å². The van der Waals surface area contributed by atoms with Gasteiger partial charge in [0.05, 0.1) is 6.10 Å². The third-order valence-corrected chi connectivity index (χ3v) is 2.98. The van der Waals surface area contributed by atoms with Crippen LogP contribution in [-0.4, -0.2) is 35.8 Å². The lowest BCUT2D eigenvalue weighted by Crippen LogP contribution is -2.40. The van der Waals surface area contributed by atoms with E-state index in [-0.39, 0.29) is 0 Å². The van der Waals surface area contributed by atoms with Gasteiger partial charge in [0.25, 0.3) is 0 Å². The largest absolute Gasteiger partial charge is 0.381 e. The van der Waals surface area contributed by atoms with Crippen LogP contribution in [0.3, 0.4) is 0 Å². The molecule has 0 unspecified atom stereocenters. The van der Waals surface area contributed by atoms with Crippen molar-refractivity contribution in [1.82, 2.24) is 9.97 Å². The van der Waals surface area contributed by atoms with Crippen LogP contribution in [-0.2, 0) is 4.74 Å². The Labute approximate surface area is 102 Å². The molecule has 0 bridgehead atoms. The monoisotopic (exact) mass is 236 g/mol. The number of rotatable bonds is 5. The van der Waals surface area contributed by atoms with E-state index in [2.05, 4.69) is 27.5 Å². The van der Waals surface area contributed by atoms with Gasteiger partial charge in [0.2, 0.25) is 0 Å². The van der Waals surface area contributed by atoms with Crippen LogP contribution < -0.4 is 10.6 Å². The molecule has 1 fully saturated rings. The van der Waals surface area contributed by atoms with E-state index < -0.39 is 0 Å². The van der Waals surface area contributed by atoms with Crippen LogP contribution in [0, 0.1) is 6.92 Å². The average molecular weight is 236 g/mol. The first-order chi connectivity index (χ1) is 8.21. The van der Waals surface area contributed by atoms with Crippen molar-refractivity contribution < 1.29 is 4.74 Å². The van der Waals surface area contributed by atoms with Crippen LogP contribution >= 0.6 is 0 Å². The Morgan fingerprint density at radius 1 is 1.35 bits per heavy atom. The molecule has 1 saturated carbocycles. The molecule has 94 valence electrons. The zero-order valence-electron chi connectivity index (χ0n) is 10.7. The summed E-state index contributed by atoms with van der Waals surface area (Å²) in [6, 6.07) is 2.43. The molecule has 0 radical (unpaired) electrons. The lowest BCUT2D eigenvalue weighted by molar-refractivity contribution is 0.0328. The number of ether oxygens (including phenoxy) is 1. The van der Waals surface area contributed by atoms with Crippen LogP contribution in [0.2, 0.25) is 0 Å². The van der Waals surface area contributed by atoms with Gasteiger partial charge >= 0.3 is 0 Å². The fourth-order valence-corrected chi connectivity index (χ4v) is 2.00. The first kappa shape index (κ1) is 12.1.